The molecule has 1 aliphatic carbocycles. The van der Waals surface area contributed by atoms with E-state index in [1.54, 1.807) is 0 Å². The SMILES string of the molecule is CCCCC1CCC(C2COC(=O)OC2)CC1. The van der Waals surface area contributed by atoms with Crippen LogP contribution >= 0.6 is 0 Å². The van der Waals surface area contributed by atoms with Crippen molar-refractivity contribution in [2.45, 2.75) is 51.9 Å². The summed E-state index contributed by atoms with van der Waals surface area (Å²) in [6, 6.07) is 0. The third kappa shape index (κ3) is 3.62. The highest BCUT2D eigenvalue weighted by atomic mass is 16.7. The summed E-state index contributed by atoms with van der Waals surface area (Å²) in [5.74, 6) is 2.10. The highest BCUT2D eigenvalue weighted by molar-refractivity contribution is 5.60. The summed E-state index contributed by atoms with van der Waals surface area (Å²) >= 11 is 0. The number of hydrogen-bond acceptors (Lipinski definition) is 3. The first-order valence-electron chi connectivity index (χ1n) is 7.09. The summed E-state index contributed by atoms with van der Waals surface area (Å²) < 4.78 is 9.95. The maximum atomic E-state index is 10.8. The van der Waals surface area contributed by atoms with Crippen LogP contribution in [-0.4, -0.2) is 19.4 Å². The molecular weight excluding hydrogens is 216 g/mol. The lowest BCUT2D eigenvalue weighted by Gasteiger charge is -2.34. The Hall–Kier alpha value is -0.730. The average Bonchev–Trinajstić information content (AvgIpc) is 2.38. The predicted molar refractivity (Wildman–Crippen MR) is 65.8 cm³/mol. The van der Waals surface area contributed by atoms with Crippen molar-refractivity contribution in [3.63, 3.8) is 0 Å². The average molecular weight is 240 g/mol. The summed E-state index contributed by atoms with van der Waals surface area (Å²) in [4.78, 5) is 10.8. The Balaban J connectivity index is 1.69. The van der Waals surface area contributed by atoms with Crippen molar-refractivity contribution >= 4 is 6.16 Å². The van der Waals surface area contributed by atoms with Gasteiger partial charge in [-0.15, -0.1) is 0 Å². The normalized spacial score (nSPS) is 30.8. The van der Waals surface area contributed by atoms with Gasteiger partial charge in [-0.1, -0.05) is 39.0 Å². The molecule has 0 N–H and O–H groups in total. The summed E-state index contributed by atoms with van der Waals surface area (Å²) in [7, 11) is 0. The number of ether oxygens (including phenoxy) is 2. The molecule has 0 radical (unpaired) electrons. The molecule has 98 valence electrons. The summed E-state index contributed by atoms with van der Waals surface area (Å²) in [6.45, 7) is 3.41. The third-order valence-corrected chi connectivity index (χ3v) is 4.35. The van der Waals surface area contributed by atoms with Gasteiger partial charge in [0.05, 0.1) is 0 Å². The summed E-state index contributed by atoms with van der Waals surface area (Å²) in [5.41, 5.74) is 0. The zero-order valence-corrected chi connectivity index (χ0v) is 10.8. The summed E-state index contributed by atoms with van der Waals surface area (Å²) in [6.07, 6.45) is 8.90. The van der Waals surface area contributed by atoms with Gasteiger partial charge in [0.15, 0.2) is 0 Å². The Bertz CT molecular complexity index is 234. The lowest BCUT2D eigenvalue weighted by Crippen LogP contribution is -2.34. The molecule has 0 atom stereocenters. The lowest BCUT2D eigenvalue weighted by atomic mass is 9.75. The molecule has 0 unspecified atom stereocenters. The van der Waals surface area contributed by atoms with Crippen LogP contribution in [0.4, 0.5) is 4.79 Å². The number of carbonyl (C=O) groups is 1. The molecule has 1 heterocycles. The molecule has 3 heteroatoms. The molecule has 2 aliphatic rings. The van der Waals surface area contributed by atoms with Gasteiger partial charge in [-0.25, -0.2) is 4.79 Å². The van der Waals surface area contributed by atoms with Gasteiger partial charge in [0.25, 0.3) is 0 Å². The van der Waals surface area contributed by atoms with Gasteiger partial charge in [0.2, 0.25) is 0 Å². The predicted octanol–water partition coefficient (Wildman–Crippen LogP) is 3.77. The standard InChI is InChI=1S/C14H24O3/c1-2-3-4-11-5-7-12(8-6-11)13-9-16-14(15)17-10-13/h11-13H,2-10H2,1H3. The Morgan fingerprint density at radius 2 is 1.71 bits per heavy atom. The van der Waals surface area contributed by atoms with Crippen molar-refractivity contribution in [2.24, 2.45) is 17.8 Å². The van der Waals surface area contributed by atoms with E-state index < -0.39 is 6.16 Å². The molecule has 17 heavy (non-hydrogen) atoms. The van der Waals surface area contributed by atoms with Gasteiger partial charge in [0.1, 0.15) is 13.2 Å². The number of carbonyl (C=O) groups excluding carboxylic acids is 1. The van der Waals surface area contributed by atoms with E-state index in [-0.39, 0.29) is 0 Å². The van der Waals surface area contributed by atoms with Crippen LogP contribution in [0.1, 0.15) is 51.9 Å². The van der Waals surface area contributed by atoms with E-state index in [0.29, 0.717) is 25.0 Å². The minimum absolute atomic E-state index is 0.444. The van der Waals surface area contributed by atoms with Crippen molar-refractivity contribution < 1.29 is 14.3 Å². The molecule has 2 rings (SSSR count). The van der Waals surface area contributed by atoms with Gasteiger partial charge in [-0.2, -0.15) is 0 Å². The first kappa shape index (κ1) is 12.7. The molecule has 0 spiro atoms. The topological polar surface area (TPSA) is 35.5 Å². The molecule has 0 aromatic heterocycles. The maximum absolute atomic E-state index is 10.8. The van der Waals surface area contributed by atoms with E-state index >= 15 is 0 Å². The highest BCUT2D eigenvalue weighted by Gasteiger charge is 2.31. The fourth-order valence-corrected chi connectivity index (χ4v) is 3.15. The number of cyclic esters (lactones) is 2. The van der Waals surface area contributed by atoms with Gasteiger partial charge in [-0.05, 0) is 24.7 Å². The molecule has 0 aromatic carbocycles. The molecular formula is C14H24O3. The quantitative estimate of drug-likeness (QED) is 0.702. The van der Waals surface area contributed by atoms with E-state index in [1.165, 1.54) is 44.9 Å². The van der Waals surface area contributed by atoms with E-state index in [1.807, 2.05) is 0 Å². The van der Waals surface area contributed by atoms with Gasteiger partial charge >= 0.3 is 6.16 Å². The smallest absolute Gasteiger partial charge is 0.434 e. The van der Waals surface area contributed by atoms with Crippen molar-refractivity contribution in [1.29, 1.82) is 0 Å². The first-order chi connectivity index (χ1) is 8.29. The second kappa shape index (κ2) is 6.27. The van der Waals surface area contributed by atoms with E-state index in [0.717, 1.165) is 5.92 Å². The van der Waals surface area contributed by atoms with Gasteiger partial charge < -0.3 is 9.47 Å². The summed E-state index contributed by atoms with van der Waals surface area (Å²) in [5, 5.41) is 0. The molecule has 1 saturated heterocycles. The molecule has 0 aromatic rings. The van der Waals surface area contributed by atoms with Crippen molar-refractivity contribution in [1.82, 2.24) is 0 Å². The fraction of sp³-hybridized carbons (Fsp3) is 0.929. The van der Waals surface area contributed by atoms with E-state index in [2.05, 4.69) is 6.92 Å². The fourth-order valence-electron chi connectivity index (χ4n) is 3.15. The van der Waals surface area contributed by atoms with Crippen molar-refractivity contribution in [2.75, 3.05) is 13.2 Å². The maximum Gasteiger partial charge on any atom is 0.508 e. The zero-order chi connectivity index (χ0) is 12.1. The zero-order valence-electron chi connectivity index (χ0n) is 10.8. The minimum Gasteiger partial charge on any atom is -0.434 e. The van der Waals surface area contributed by atoms with Crippen LogP contribution in [0, 0.1) is 17.8 Å². The van der Waals surface area contributed by atoms with Crippen LogP contribution in [0.25, 0.3) is 0 Å². The second-order valence-corrected chi connectivity index (χ2v) is 5.56. The van der Waals surface area contributed by atoms with Crippen molar-refractivity contribution in [3.05, 3.63) is 0 Å². The largest absolute Gasteiger partial charge is 0.508 e. The van der Waals surface area contributed by atoms with Crippen LogP contribution in [0.5, 0.6) is 0 Å². The van der Waals surface area contributed by atoms with Crippen molar-refractivity contribution in [3.8, 4) is 0 Å². The number of hydrogen-bond donors (Lipinski definition) is 0. The van der Waals surface area contributed by atoms with Crippen LogP contribution < -0.4 is 0 Å². The Morgan fingerprint density at radius 3 is 2.29 bits per heavy atom. The minimum atomic E-state index is -0.488. The number of rotatable bonds is 4. The molecule has 0 amide bonds. The van der Waals surface area contributed by atoms with Gasteiger partial charge in [0, 0.05) is 5.92 Å². The van der Waals surface area contributed by atoms with Crippen LogP contribution in [0.2, 0.25) is 0 Å². The second-order valence-electron chi connectivity index (χ2n) is 5.56. The van der Waals surface area contributed by atoms with Crippen LogP contribution in [0.3, 0.4) is 0 Å². The van der Waals surface area contributed by atoms with E-state index in [9.17, 15) is 4.79 Å². The first-order valence-corrected chi connectivity index (χ1v) is 7.09. The van der Waals surface area contributed by atoms with Gasteiger partial charge in [-0.3, -0.25) is 0 Å². The Kier molecular flexibility index (Phi) is 4.69. The van der Waals surface area contributed by atoms with Crippen LogP contribution in [-0.2, 0) is 9.47 Å². The lowest BCUT2D eigenvalue weighted by molar-refractivity contribution is -0.0353. The molecule has 1 saturated carbocycles. The Morgan fingerprint density at radius 1 is 1.06 bits per heavy atom. The van der Waals surface area contributed by atoms with Crippen LogP contribution in [0.15, 0.2) is 0 Å². The molecule has 0 bridgehead atoms. The monoisotopic (exact) mass is 240 g/mol. The molecule has 3 nitrogen and oxygen atoms in total. The Labute approximate surface area is 104 Å². The molecule has 1 aliphatic heterocycles. The number of unbranched alkanes of at least 4 members (excludes halogenated alkanes) is 1. The molecule has 2 fully saturated rings. The van der Waals surface area contributed by atoms with E-state index in [4.69, 9.17) is 9.47 Å². The third-order valence-electron chi connectivity index (χ3n) is 4.35. The highest BCUT2D eigenvalue weighted by Crippen LogP contribution is 2.36.